The molecule has 1 rings (SSSR count). The molecule has 0 heterocycles. The number of rotatable bonds is 5. The molecule has 0 radical (unpaired) electrons. The highest BCUT2D eigenvalue weighted by Gasteiger charge is 2.14. The van der Waals surface area contributed by atoms with E-state index in [1.165, 1.54) is 0 Å². The summed E-state index contributed by atoms with van der Waals surface area (Å²) < 4.78 is 4.78. The number of carbonyl (C=O) groups excluding carboxylic acids is 2. The summed E-state index contributed by atoms with van der Waals surface area (Å²) in [5, 5.41) is 2.73. The van der Waals surface area contributed by atoms with Crippen molar-refractivity contribution in [1.29, 1.82) is 0 Å². The highest BCUT2D eigenvalue weighted by Crippen LogP contribution is 2.21. The van der Waals surface area contributed by atoms with E-state index in [2.05, 4.69) is 12.2 Å². The SMILES string of the molecule is CC1CC=C(NC(=O)COCC(N)=O)C1. The van der Waals surface area contributed by atoms with Crippen LogP contribution in [0.3, 0.4) is 0 Å². The van der Waals surface area contributed by atoms with E-state index in [-0.39, 0.29) is 19.1 Å². The molecule has 0 fully saturated rings. The van der Waals surface area contributed by atoms with Crippen molar-refractivity contribution >= 4 is 11.8 Å². The molecule has 1 unspecified atom stereocenters. The highest BCUT2D eigenvalue weighted by atomic mass is 16.5. The average molecular weight is 212 g/mol. The van der Waals surface area contributed by atoms with Gasteiger partial charge in [-0.15, -0.1) is 0 Å². The Morgan fingerprint density at radius 1 is 1.60 bits per heavy atom. The minimum Gasteiger partial charge on any atom is -0.368 e. The minimum atomic E-state index is -0.573. The first-order valence-corrected chi connectivity index (χ1v) is 4.93. The van der Waals surface area contributed by atoms with E-state index in [0.29, 0.717) is 5.92 Å². The van der Waals surface area contributed by atoms with Crippen LogP contribution in [-0.2, 0) is 14.3 Å². The van der Waals surface area contributed by atoms with Crippen molar-refractivity contribution in [1.82, 2.24) is 5.32 Å². The molecule has 2 amide bonds. The van der Waals surface area contributed by atoms with E-state index in [9.17, 15) is 9.59 Å². The summed E-state index contributed by atoms with van der Waals surface area (Å²) >= 11 is 0. The van der Waals surface area contributed by atoms with Gasteiger partial charge in [-0.1, -0.05) is 13.0 Å². The van der Waals surface area contributed by atoms with Crippen molar-refractivity contribution in [2.75, 3.05) is 13.2 Å². The quantitative estimate of drug-likeness (QED) is 0.668. The standard InChI is InChI=1S/C10H16N2O3/c1-7-2-3-8(4-7)12-10(14)6-15-5-9(11)13/h3,7H,2,4-6H2,1H3,(H2,11,13)(H,12,14). The number of nitrogens with one attached hydrogen (secondary N) is 1. The van der Waals surface area contributed by atoms with Crippen molar-refractivity contribution in [3.8, 4) is 0 Å². The molecule has 0 aromatic carbocycles. The monoisotopic (exact) mass is 212 g/mol. The summed E-state index contributed by atoms with van der Waals surface area (Å²) in [5.41, 5.74) is 5.79. The van der Waals surface area contributed by atoms with E-state index < -0.39 is 5.91 Å². The molecule has 0 aromatic heterocycles. The fraction of sp³-hybridized carbons (Fsp3) is 0.600. The first-order chi connectivity index (χ1) is 7.08. The van der Waals surface area contributed by atoms with Crippen LogP contribution in [0.5, 0.6) is 0 Å². The number of carbonyl (C=O) groups is 2. The number of hydrogen-bond acceptors (Lipinski definition) is 3. The van der Waals surface area contributed by atoms with Gasteiger partial charge < -0.3 is 15.8 Å². The molecule has 0 spiro atoms. The van der Waals surface area contributed by atoms with Crippen LogP contribution >= 0.6 is 0 Å². The first kappa shape index (κ1) is 11.7. The van der Waals surface area contributed by atoms with E-state index in [1.54, 1.807) is 0 Å². The Morgan fingerprint density at radius 3 is 2.87 bits per heavy atom. The van der Waals surface area contributed by atoms with Crippen LogP contribution in [0.2, 0.25) is 0 Å². The second kappa shape index (κ2) is 5.50. The Balaban J connectivity index is 2.16. The molecule has 0 saturated heterocycles. The molecule has 0 bridgehead atoms. The van der Waals surface area contributed by atoms with E-state index >= 15 is 0 Å². The highest BCUT2D eigenvalue weighted by molar-refractivity contribution is 5.80. The second-order valence-electron chi connectivity index (χ2n) is 3.78. The fourth-order valence-corrected chi connectivity index (χ4v) is 1.45. The lowest BCUT2D eigenvalue weighted by molar-refractivity contribution is -0.128. The average Bonchev–Trinajstić information content (AvgIpc) is 2.50. The molecule has 0 saturated carbocycles. The molecule has 15 heavy (non-hydrogen) atoms. The van der Waals surface area contributed by atoms with Gasteiger partial charge in [0.1, 0.15) is 13.2 Å². The summed E-state index contributed by atoms with van der Waals surface area (Å²) in [7, 11) is 0. The normalized spacial score (nSPS) is 19.8. The van der Waals surface area contributed by atoms with Crippen molar-refractivity contribution in [2.24, 2.45) is 11.7 Å². The van der Waals surface area contributed by atoms with Crippen molar-refractivity contribution < 1.29 is 14.3 Å². The summed E-state index contributed by atoms with van der Waals surface area (Å²) in [6, 6.07) is 0. The Kier molecular flexibility index (Phi) is 4.30. The van der Waals surface area contributed by atoms with Gasteiger partial charge in [-0.2, -0.15) is 0 Å². The van der Waals surface area contributed by atoms with E-state index in [0.717, 1.165) is 18.5 Å². The van der Waals surface area contributed by atoms with Crippen LogP contribution < -0.4 is 11.1 Å². The van der Waals surface area contributed by atoms with Crippen LogP contribution in [0, 0.1) is 5.92 Å². The Hall–Kier alpha value is -1.36. The van der Waals surface area contributed by atoms with Gasteiger partial charge in [-0.3, -0.25) is 9.59 Å². The van der Waals surface area contributed by atoms with Gasteiger partial charge in [0, 0.05) is 5.70 Å². The van der Waals surface area contributed by atoms with Crippen LogP contribution in [0.4, 0.5) is 0 Å². The lowest BCUT2D eigenvalue weighted by atomic mass is 10.1. The number of hydrogen-bond donors (Lipinski definition) is 2. The smallest absolute Gasteiger partial charge is 0.250 e. The molecule has 84 valence electrons. The Labute approximate surface area is 88.7 Å². The molecular weight excluding hydrogens is 196 g/mol. The molecule has 1 aliphatic carbocycles. The van der Waals surface area contributed by atoms with Crippen molar-refractivity contribution in [3.05, 3.63) is 11.8 Å². The maximum atomic E-state index is 11.3. The van der Waals surface area contributed by atoms with Crippen LogP contribution in [0.15, 0.2) is 11.8 Å². The van der Waals surface area contributed by atoms with E-state index in [4.69, 9.17) is 10.5 Å². The number of allylic oxidation sites excluding steroid dienone is 2. The van der Waals surface area contributed by atoms with Gasteiger partial charge in [-0.05, 0) is 18.8 Å². The Bertz CT molecular complexity index is 286. The molecular formula is C10H16N2O3. The maximum Gasteiger partial charge on any atom is 0.250 e. The summed E-state index contributed by atoms with van der Waals surface area (Å²) in [6.07, 6.45) is 3.90. The molecule has 0 aliphatic heterocycles. The summed E-state index contributed by atoms with van der Waals surface area (Å²) in [5.74, 6) is -0.222. The maximum absolute atomic E-state index is 11.3. The minimum absolute atomic E-state index is 0.130. The molecule has 1 atom stereocenters. The van der Waals surface area contributed by atoms with Crippen LogP contribution in [-0.4, -0.2) is 25.0 Å². The number of nitrogens with two attached hydrogens (primary N) is 1. The van der Waals surface area contributed by atoms with Gasteiger partial charge in [0.25, 0.3) is 0 Å². The zero-order valence-corrected chi connectivity index (χ0v) is 8.79. The Morgan fingerprint density at radius 2 is 2.33 bits per heavy atom. The van der Waals surface area contributed by atoms with Gasteiger partial charge in [0.15, 0.2) is 0 Å². The van der Waals surface area contributed by atoms with E-state index in [1.807, 2.05) is 6.08 Å². The third-order valence-electron chi connectivity index (χ3n) is 2.11. The van der Waals surface area contributed by atoms with Crippen molar-refractivity contribution in [3.63, 3.8) is 0 Å². The van der Waals surface area contributed by atoms with Crippen LogP contribution in [0.1, 0.15) is 19.8 Å². The van der Waals surface area contributed by atoms with Crippen molar-refractivity contribution in [2.45, 2.75) is 19.8 Å². The van der Waals surface area contributed by atoms with Gasteiger partial charge in [-0.25, -0.2) is 0 Å². The third kappa shape index (κ3) is 4.60. The van der Waals surface area contributed by atoms with Crippen LogP contribution in [0.25, 0.3) is 0 Å². The van der Waals surface area contributed by atoms with Gasteiger partial charge in [0.05, 0.1) is 0 Å². The predicted octanol–water partition coefficient (Wildman–Crippen LogP) is -0.0817. The number of primary amides is 1. The largest absolute Gasteiger partial charge is 0.368 e. The topological polar surface area (TPSA) is 81.4 Å². The molecule has 1 aliphatic rings. The molecule has 3 N–H and O–H groups in total. The number of amides is 2. The molecule has 0 aromatic rings. The predicted molar refractivity (Wildman–Crippen MR) is 54.6 cm³/mol. The van der Waals surface area contributed by atoms with Gasteiger partial charge in [0.2, 0.25) is 11.8 Å². The summed E-state index contributed by atoms with van der Waals surface area (Å²) in [4.78, 5) is 21.6. The lowest BCUT2D eigenvalue weighted by Crippen LogP contribution is -2.29. The third-order valence-corrected chi connectivity index (χ3v) is 2.11. The number of ether oxygens (including phenoxy) is 1. The molecule has 5 nitrogen and oxygen atoms in total. The second-order valence-corrected chi connectivity index (χ2v) is 3.78. The lowest BCUT2D eigenvalue weighted by Gasteiger charge is -2.06. The fourth-order valence-electron chi connectivity index (χ4n) is 1.45. The zero-order chi connectivity index (χ0) is 11.3. The zero-order valence-electron chi connectivity index (χ0n) is 8.79. The first-order valence-electron chi connectivity index (χ1n) is 4.93. The summed E-state index contributed by atoms with van der Waals surface area (Å²) in [6.45, 7) is 1.77. The molecule has 5 heteroatoms. The van der Waals surface area contributed by atoms with Gasteiger partial charge >= 0.3 is 0 Å².